The maximum Gasteiger partial charge on any atom is 0.410 e. The topological polar surface area (TPSA) is 50.8 Å². The first-order valence-corrected chi connectivity index (χ1v) is 8.56. The van der Waals surface area contributed by atoms with Crippen LogP contribution in [-0.2, 0) is 9.47 Å². The molecule has 130 valence electrons. The fourth-order valence-electron chi connectivity index (χ4n) is 2.77. The first kappa shape index (κ1) is 19.2. The summed E-state index contributed by atoms with van der Waals surface area (Å²) < 4.78 is 10.7. The number of carbonyl (C=O) groups excluding carboxylic acids is 1. The van der Waals surface area contributed by atoms with Crippen LogP contribution < -0.4 is 5.32 Å². The molecule has 1 atom stereocenters. The molecule has 5 nitrogen and oxygen atoms in total. The molecule has 22 heavy (non-hydrogen) atoms. The molecule has 1 fully saturated rings. The SMILES string of the molecule is CCCC(COC)NCC1CCN(C(=O)OC(C)(C)C)CC1. The standard InChI is InChI=1S/C17H34N2O3/c1-6-7-15(13-21-5)18-12-14-8-10-19(11-9-14)16(20)22-17(2,3)4/h14-15,18H,6-13H2,1-5H3. The van der Waals surface area contributed by atoms with Crippen LogP contribution in [0.1, 0.15) is 53.4 Å². The smallest absolute Gasteiger partial charge is 0.410 e. The second-order valence-corrected chi connectivity index (χ2v) is 7.26. The average molecular weight is 314 g/mol. The lowest BCUT2D eigenvalue weighted by Crippen LogP contribution is -2.44. The molecule has 0 bridgehead atoms. The van der Waals surface area contributed by atoms with Crippen LogP contribution in [0, 0.1) is 5.92 Å². The number of methoxy groups -OCH3 is 1. The number of ether oxygens (including phenoxy) is 2. The largest absolute Gasteiger partial charge is 0.444 e. The van der Waals surface area contributed by atoms with E-state index in [2.05, 4.69) is 12.2 Å². The Morgan fingerprint density at radius 2 is 1.95 bits per heavy atom. The van der Waals surface area contributed by atoms with E-state index in [1.807, 2.05) is 25.7 Å². The molecule has 0 aromatic heterocycles. The molecule has 1 aliphatic heterocycles. The van der Waals surface area contributed by atoms with Gasteiger partial charge in [-0.3, -0.25) is 0 Å². The van der Waals surface area contributed by atoms with E-state index in [0.717, 1.165) is 51.9 Å². The summed E-state index contributed by atoms with van der Waals surface area (Å²) in [5.74, 6) is 0.634. The molecule has 0 spiro atoms. The summed E-state index contributed by atoms with van der Waals surface area (Å²) >= 11 is 0. The van der Waals surface area contributed by atoms with Crippen molar-refractivity contribution >= 4 is 6.09 Å². The van der Waals surface area contributed by atoms with E-state index >= 15 is 0 Å². The number of hydrogen-bond donors (Lipinski definition) is 1. The van der Waals surface area contributed by atoms with Crippen LogP contribution in [0.4, 0.5) is 4.79 Å². The Morgan fingerprint density at radius 3 is 2.45 bits per heavy atom. The summed E-state index contributed by atoms with van der Waals surface area (Å²) in [5.41, 5.74) is -0.414. The number of amides is 1. The first-order valence-electron chi connectivity index (χ1n) is 8.56. The number of likely N-dealkylation sites (tertiary alicyclic amines) is 1. The van der Waals surface area contributed by atoms with Gasteiger partial charge < -0.3 is 19.7 Å². The van der Waals surface area contributed by atoms with Crippen molar-refractivity contribution in [2.24, 2.45) is 5.92 Å². The highest BCUT2D eigenvalue weighted by Crippen LogP contribution is 2.19. The van der Waals surface area contributed by atoms with Crippen molar-refractivity contribution < 1.29 is 14.3 Å². The van der Waals surface area contributed by atoms with Gasteiger partial charge in [-0.15, -0.1) is 0 Å². The Morgan fingerprint density at radius 1 is 1.32 bits per heavy atom. The van der Waals surface area contributed by atoms with Crippen molar-refractivity contribution in [2.45, 2.75) is 65.0 Å². The highest BCUT2D eigenvalue weighted by atomic mass is 16.6. The number of rotatable bonds is 7. The molecule has 0 aromatic carbocycles. The van der Waals surface area contributed by atoms with Crippen LogP contribution in [0.15, 0.2) is 0 Å². The van der Waals surface area contributed by atoms with Crippen LogP contribution in [0.2, 0.25) is 0 Å². The highest BCUT2D eigenvalue weighted by Gasteiger charge is 2.26. The lowest BCUT2D eigenvalue weighted by molar-refractivity contribution is 0.0182. The number of carbonyl (C=O) groups is 1. The van der Waals surface area contributed by atoms with Gasteiger partial charge in [0.25, 0.3) is 0 Å². The van der Waals surface area contributed by atoms with Crippen LogP contribution in [-0.4, -0.2) is 56.0 Å². The molecule has 0 saturated carbocycles. The second kappa shape index (κ2) is 9.36. The third-order valence-corrected chi connectivity index (χ3v) is 3.97. The number of piperidine rings is 1. The molecule has 1 unspecified atom stereocenters. The van der Waals surface area contributed by atoms with Crippen LogP contribution in [0.5, 0.6) is 0 Å². The summed E-state index contributed by atoms with van der Waals surface area (Å²) in [6, 6.07) is 0.443. The van der Waals surface area contributed by atoms with Gasteiger partial charge in [-0.25, -0.2) is 4.79 Å². The van der Waals surface area contributed by atoms with Gasteiger partial charge in [0.05, 0.1) is 6.61 Å². The van der Waals surface area contributed by atoms with Gasteiger partial charge in [0, 0.05) is 26.2 Å². The van der Waals surface area contributed by atoms with E-state index in [9.17, 15) is 4.79 Å². The first-order chi connectivity index (χ1) is 10.4. The molecule has 5 heteroatoms. The minimum atomic E-state index is -0.414. The maximum absolute atomic E-state index is 12.0. The Kier molecular flexibility index (Phi) is 8.18. The molecule has 1 aliphatic rings. The minimum absolute atomic E-state index is 0.179. The van der Waals surface area contributed by atoms with Gasteiger partial charge in [-0.2, -0.15) is 0 Å². The zero-order valence-corrected chi connectivity index (χ0v) is 15.0. The van der Waals surface area contributed by atoms with Gasteiger partial charge in [0.15, 0.2) is 0 Å². The number of hydrogen-bond acceptors (Lipinski definition) is 4. The van der Waals surface area contributed by atoms with Crippen LogP contribution in [0.3, 0.4) is 0 Å². The van der Waals surface area contributed by atoms with Gasteiger partial charge in [0.2, 0.25) is 0 Å². The average Bonchev–Trinajstić information content (AvgIpc) is 2.44. The molecule has 0 aromatic rings. The molecular weight excluding hydrogens is 280 g/mol. The fraction of sp³-hybridized carbons (Fsp3) is 0.941. The quantitative estimate of drug-likeness (QED) is 0.785. The second-order valence-electron chi connectivity index (χ2n) is 7.26. The number of nitrogens with one attached hydrogen (secondary N) is 1. The van der Waals surface area contributed by atoms with Gasteiger partial charge in [0.1, 0.15) is 5.60 Å². The highest BCUT2D eigenvalue weighted by molar-refractivity contribution is 5.68. The Balaban J connectivity index is 2.28. The normalized spacial score (nSPS) is 18.3. The lowest BCUT2D eigenvalue weighted by atomic mass is 9.96. The zero-order chi connectivity index (χ0) is 16.6. The molecular formula is C17H34N2O3. The third-order valence-electron chi connectivity index (χ3n) is 3.97. The monoisotopic (exact) mass is 314 g/mol. The van der Waals surface area contributed by atoms with Crippen molar-refractivity contribution in [1.82, 2.24) is 10.2 Å². The summed E-state index contributed by atoms with van der Waals surface area (Å²) in [5, 5.41) is 3.61. The molecule has 1 heterocycles. The molecule has 0 aliphatic carbocycles. The van der Waals surface area contributed by atoms with Crippen molar-refractivity contribution in [1.29, 1.82) is 0 Å². The maximum atomic E-state index is 12.0. The van der Waals surface area contributed by atoms with E-state index in [0.29, 0.717) is 12.0 Å². The van der Waals surface area contributed by atoms with E-state index in [1.165, 1.54) is 0 Å². The van der Waals surface area contributed by atoms with E-state index in [4.69, 9.17) is 9.47 Å². The summed E-state index contributed by atoms with van der Waals surface area (Å²) in [7, 11) is 1.75. The van der Waals surface area contributed by atoms with E-state index in [-0.39, 0.29) is 6.09 Å². The molecule has 1 rings (SSSR count). The molecule has 0 radical (unpaired) electrons. The van der Waals surface area contributed by atoms with E-state index < -0.39 is 5.60 Å². The van der Waals surface area contributed by atoms with Gasteiger partial charge in [-0.05, 0) is 52.5 Å². The van der Waals surface area contributed by atoms with E-state index in [1.54, 1.807) is 7.11 Å². The van der Waals surface area contributed by atoms with Crippen molar-refractivity contribution in [3.8, 4) is 0 Å². The van der Waals surface area contributed by atoms with Gasteiger partial charge >= 0.3 is 6.09 Å². The Labute approximate surface area is 135 Å². The summed E-state index contributed by atoms with van der Waals surface area (Å²) in [6.07, 6.45) is 4.21. The van der Waals surface area contributed by atoms with Gasteiger partial charge in [-0.1, -0.05) is 13.3 Å². The van der Waals surface area contributed by atoms with Crippen LogP contribution in [0.25, 0.3) is 0 Å². The van der Waals surface area contributed by atoms with Crippen molar-refractivity contribution in [3.05, 3.63) is 0 Å². The third kappa shape index (κ3) is 7.45. The Bertz CT molecular complexity index is 314. The number of nitrogens with zero attached hydrogens (tertiary/aromatic N) is 1. The predicted molar refractivity (Wildman–Crippen MR) is 89.1 cm³/mol. The predicted octanol–water partition coefficient (Wildman–Crippen LogP) is 3.04. The van der Waals surface area contributed by atoms with Crippen molar-refractivity contribution in [2.75, 3.05) is 33.4 Å². The summed E-state index contributed by atoms with van der Waals surface area (Å²) in [6.45, 7) is 11.3. The lowest BCUT2D eigenvalue weighted by Gasteiger charge is -2.34. The summed E-state index contributed by atoms with van der Waals surface area (Å²) in [4.78, 5) is 13.9. The Hall–Kier alpha value is -0.810. The zero-order valence-electron chi connectivity index (χ0n) is 15.0. The molecule has 1 N–H and O–H groups in total. The van der Waals surface area contributed by atoms with Crippen LogP contribution >= 0.6 is 0 Å². The van der Waals surface area contributed by atoms with Crippen molar-refractivity contribution in [3.63, 3.8) is 0 Å². The molecule has 1 saturated heterocycles. The molecule has 1 amide bonds. The minimum Gasteiger partial charge on any atom is -0.444 e. The fourth-order valence-corrected chi connectivity index (χ4v) is 2.77.